The van der Waals surface area contributed by atoms with Crippen molar-refractivity contribution in [3.63, 3.8) is 0 Å². The van der Waals surface area contributed by atoms with Crippen LogP contribution in [0.1, 0.15) is 19.8 Å². The molecule has 0 aromatic carbocycles. The van der Waals surface area contributed by atoms with Crippen molar-refractivity contribution in [3.8, 4) is 0 Å². The van der Waals surface area contributed by atoms with Crippen molar-refractivity contribution in [1.29, 1.82) is 0 Å². The zero-order valence-electron chi connectivity index (χ0n) is 11.6. The highest BCUT2D eigenvalue weighted by Crippen LogP contribution is 2.24. The number of pyridine rings is 1. The van der Waals surface area contributed by atoms with E-state index in [0.717, 1.165) is 43.9 Å². The van der Waals surface area contributed by atoms with Crippen LogP contribution in [0.15, 0.2) is 18.5 Å². The van der Waals surface area contributed by atoms with E-state index in [2.05, 4.69) is 33.5 Å². The predicted molar refractivity (Wildman–Crippen MR) is 77.4 cm³/mol. The number of nitrogens with zero attached hydrogens (tertiary/aromatic N) is 2. The molecule has 19 heavy (non-hydrogen) atoms. The van der Waals surface area contributed by atoms with Crippen LogP contribution >= 0.6 is 0 Å². The van der Waals surface area contributed by atoms with Gasteiger partial charge in [0.15, 0.2) is 0 Å². The van der Waals surface area contributed by atoms with Crippen LogP contribution in [0.2, 0.25) is 0 Å². The normalized spacial score (nSPS) is 19.1. The first-order chi connectivity index (χ1) is 9.24. The third kappa shape index (κ3) is 3.36. The van der Waals surface area contributed by atoms with E-state index in [0.29, 0.717) is 0 Å². The average molecular weight is 262 g/mol. The van der Waals surface area contributed by atoms with E-state index in [1.54, 1.807) is 7.05 Å². The van der Waals surface area contributed by atoms with Gasteiger partial charge in [-0.1, -0.05) is 0 Å². The molecule has 1 fully saturated rings. The molecular formula is C14H22N4O. The first kappa shape index (κ1) is 13.6. The number of rotatable bonds is 4. The Kier molecular flexibility index (Phi) is 4.60. The Bertz CT molecular complexity index is 435. The minimum Gasteiger partial charge on any atom is -0.384 e. The summed E-state index contributed by atoms with van der Waals surface area (Å²) in [6.45, 7) is 4.71. The number of hydrogen-bond donors (Lipinski definition) is 2. The van der Waals surface area contributed by atoms with E-state index >= 15 is 0 Å². The SMILES string of the molecule is CCNc1cncc(N2CCCC(C(=O)NC)C2)c1. The summed E-state index contributed by atoms with van der Waals surface area (Å²) >= 11 is 0. The molecule has 1 amide bonds. The molecule has 5 heteroatoms. The molecule has 0 radical (unpaired) electrons. The van der Waals surface area contributed by atoms with Crippen molar-refractivity contribution in [2.45, 2.75) is 19.8 Å². The fourth-order valence-corrected chi connectivity index (χ4v) is 2.53. The van der Waals surface area contributed by atoms with Gasteiger partial charge in [0.05, 0.1) is 29.7 Å². The summed E-state index contributed by atoms with van der Waals surface area (Å²) < 4.78 is 0. The summed E-state index contributed by atoms with van der Waals surface area (Å²) in [5.74, 6) is 0.224. The van der Waals surface area contributed by atoms with Gasteiger partial charge in [-0.2, -0.15) is 0 Å². The number of nitrogens with one attached hydrogen (secondary N) is 2. The summed E-state index contributed by atoms with van der Waals surface area (Å²) in [6, 6.07) is 2.10. The van der Waals surface area contributed by atoms with Crippen LogP contribution in [-0.4, -0.2) is 37.6 Å². The van der Waals surface area contributed by atoms with Crippen molar-refractivity contribution in [2.24, 2.45) is 5.92 Å². The van der Waals surface area contributed by atoms with Crippen LogP contribution in [0, 0.1) is 5.92 Å². The Morgan fingerprint density at radius 1 is 1.53 bits per heavy atom. The van der Waals surface area contributed by atoms with Crippen LogP contribution in [0.4, 0.5) is 11.4 Å². The number of carbonyl (C=O) groups excluding carboxylic acids is 1. The summed E-state index contributed by atoms with van der Waals surface area (Å²) in [5, 5.41) is 6.01. The van der Waals surface area contributed by atoms with E-state index in [9.17, 15) is 4.79 Å². The number of hydrogen-bond acceptors (Lipinski definition) is 4. The highest BCUT2D eigenvalue weighted by atomic mass is 16.1. The lowest BCUT2D eigenvalue weighted by molar-refractivity contribution is -0.124. The van der Waals surface area contributed by atoms with Gasteiger partial charge in [-0.25, -0.2) is 0 Å². The molecule has 2 heterocycles. The van der Waals surface area contributed by atoms with Crippen LogP contribution in [0.3, 0.4) is 0 Å². The maximum atomic E-state index is 11.7. The van der Waals surface area contributed by atoms with Gasteiger partial charge in [0.2, 0.25) is 5.91 Å². The Morgan fingerprint density at radius 2 is 2.37 bits per heavy atom. The fraction of sp³-hybridized carbons (Fsp3) is 0.571. The number of carbonyl (C=O) groups is 1. The van der Waals surface area contributed by atoms with Gasteiger partial charge >= 0.3 is 0 Å². The van der Waals surface area contributed by atoms with E-state index in [1.807, 2.05) is 12.4 Å². The molecule has 2 rings (SSSR count). The van der Waals surface area contributed by atoms with Gasteiger partial charge in [0, 0.05) is 26.7 Å². The lowest BCUT2D eigenvalue weighted by Crippen LogP contribution is -2.42. The molecule has 0 spiro atoms. The molecule has 1 aliphatic rings. The lowest BCUT2D eigenvalue weighted by Gasteiger charge is -2.33. The van der Waals surface area contributed by atoms with E-state index < -0.39 is 0 Å². The van der Waals surface area contributed by atoms with Gasteiger partial charge in [-0.05, 0) is 25.8 Å². The van der Waals surface area contributed by atoms with Crippen LogP contribution in [0.5, 0.6) is 0 Å². The molecule has 1 saturated heterocycles. The smallest absolute Gasteiger partial charge is 0.224 e. The first-order valence-corrected chi connectivity index (χ1v) is 6.90. The van der Waals surface area contributed by atoms with Crippen molar-refractivity contribution in [1.82, 2.24) is 10.3 Å². The Morgan fingerprint density at radius 3 is 3.11 bits per heavy atom. The molecule has 0 saturated carbocycles. The second-order valence-electron chi connectivity index (χ2n) is 4.86. The second-order valence-corrected chi connectivity index (χ2v) is 4.86. The quantitative estimate of drug-likeness (QED) is 0.863. The van der Waals surface area contributed by atoms with Crippen LogP contribution < -0.4 is 15.5 Å². The van der Waals surface area contributed by atoms with Gasteiger partial charge in [0.25, 0.3) is 0 Å². The lowest BCUT2D eigenvalue weighted by atomic mass is 9.97. The summed E-state index contributed by atoms with van der Waals surface area (Å²) in [7, 11) is 1.70. The zero-order valence-corrected chi connectivity index (χ0v) is 11.6. The topological polar surface area (TPSA) is 57.3 Å². The van der Waals surface area contributed by atoms with E-state index in [4.69, 9.17) is 0 Å². The third-order valence-corrected chi connectivity index (χ3v) is 3.51. The molecule has 5 nitrogen and oxygen atoms in total. The number of piperidine rings is 1. The molecule has 1 aliphatic heterocycles. The second kappa shape index (κ2) is 6.41. The van der Waals surface area contributed by atoms with E-state index in [-0.39, 0.29) is 11.8 Å². The minimum atomic E-state index is 0.0848. The van der Waals surface area contributed by atoms with Crippen LogP contribution in [-0.2, 0) is 4.79 Å². The van der Waals surface area contributed by atoms with Gasteiger partial charge in [0.1, 0.15) is 0 Å². The molecule has 1 aromatic heterocycles. The molecule has 2 N–H and O–H groups in total. The number of aromatic nitrogens is 1. The molecule has 1 unspecified atom stereocenters. The van der Waals surface area contributed by atoms with Gasteiger partial charge < -0.3 is 15.5 Å². The zero-order chi connectivity index (χ0) is 13.7. The van der Waals surface area contributed by atoms with Crippen molar-refractivity contribution < 1.29 is 4.79 Å². The number of anilines is 2. The number of amides is 1. The maximum absolute atomic E-state index is 11.7. The van der Waals surface area contributed by atoms with E-state index in [1.165, 1.54) is 0 Å². The van der Waals surface area contributed by atoms with Crippen molar-refractivity contribution in [3.05, 3.63) is 18.5 Å². The summed E-state index contributed by atoms with van der Waals surface area (Å²) in [6.07, 6.45) is 5.71. The largest absolute Gasteiger partial charge is 0.384 e. The average Bonchev–Trinajstić information content (AvgIpc) is 2.47. The van der Waals surface area contributed by atoms with Gasteiger partial charge in [-0.15, -0.1) is 0 Å². The molecule has 1 aromatic rings. The van der Waals surface area contributed by atoms with Gasteiger partial charge in [-0.3, -0.25) is 9.78 Å². The monoisotopic (exact) mass is 262 g/mol. The predicted octanol–water partition coefficient (Wildman–Crippen LogP) is 1.48. The standard InChI is InChI=1S/C14H22N4O/c1-3-17-12-7-13(9-16-8-12)18-6-4-5-11(10-18)14(19)15-2/h7-9,11,17H,3-6,10H2,1-2H3,(H,15,19). The Labute approximate surface area is 114 Å². The first-order valence-electron chi connectivity index (χ1n) is 6.90. The molecule has 1 atom stereocenters. The molecule has 0 aliphatic carbocycles. The highest BCUT2D eigenvalue weighted by molar-refractivity contribution is 5.79. The molecule has 104 valence electrons. The van der Waals surface area contributed by atoms with Crippen molar-refractivity contribution >= 4 is 17.3 Å². The molecule has 0 bridgehead atoms. The summed E-state index contributed by atoms with van der Waals surface area (Å²) in [5.41, 5.74) is 2.12. The fourth-order valence-electron chi connectivity index (χ4n) is 2.53. The van der Waals surface area contributed by atoms with Crippen LogP contribution in [0.25, 0.3) is 0 Å². The third-order valence-electron chi connectivity index (χ3n) is 3.51. The maximum Gasteiger partial charge on any atom is 0.224 e. The Hall–Kier alpha value is -1.78. The highest BCUT2D eigenvalue weighted by Gasteiger charge is 2.25. The Balaban J connectivity index is 2.08. The molecular weight excluding hydrogens is 240 g/mol. The van der Waals surface area contributed by atoms with Crippen molar-refractivity contribution in [2.75, 3.05) is 36.9 Å². The minimum absolute atomic E-state index is 0.0848. The summed E-state index contributed by atoms with van der Waals surface area (Å²) in [4.78, 5) is 18.3.